The van der Waals surface area contributed by atoms with Crippen molar-refractivity contribution in [1.29, 1.82) is 0 Å². The molecule has 0 radical (unpaired) electrons. The fourth-order valence-electron chi connectivity index (χ4n) is 3.23. The number of benzene rings is 1. The molecule has 5 nitrogen and oxygen atoms in total. The van der Waals surface area contributed by atoms with Crippen LogP contribution in [0.15, 0.2) is 36.8 Å². The van der Waals surface area contributed by atoms with E-state index in [2.05, 4.69) is 15.2 Å². The molecule has 0 saturated carbocycles. The molecule has 3 aromatic heterocycles. The van der Waals surface area contributed by atoms with Gasteiger partial charge >= 0.3 is 0 Å². The maximum Gasteiger partial charge on any atom is 0.153 e. The molecule has 0 aliphatic carbocycles. The lowest BCUT2D eigenvalue weighted by Crippen LogP contribution is -2.08. The molecule has 1 aromatic carbocycles. The first kappa shape index (κ1) is 15.7. The second kappa shape index (κ2) is 5.61. The zero-order chi connectivity index (χ0) is 17.7. The molecule has 0 amide bonds. The molecule has 0 saturated heterocycles. The first-order chi connectivity index (χ1) is 12.0. The van der Waals surface area contributed by atoms with Gasteiger partial charge in [0.15, 0.2) is 5.65 Å². The van der Waals surface area contributed by atoms with Gasteiger partial charge in [-0.3, -0.25) is 4.68 Å². The van der Waals surface area contributed by atoms with Gasteiger partial charge in [0.2, 0.25) is 0 Å². The molecule has 0 aliphatic rings. The molecule has 1 unspecified atom stereocenters. The van der Waals surface area contributed by atoms with E-state index < -0.39 is 17.6 Å². The molecule has 4 rings (SSSR count). The summed E-state index contributed by atoms with van der Waals surface area (Å²) >= 11 is 0. The Bertz CT molecular complexity index is 1080. The Morgan fingerprint density at radius 2 is 1.88 bits per heavy atom. The van der Waals surface area contributed by atoms with Crippen LogP contribution in [-0.2, 0) is 0 Å². The van der Waals surface area contributed by atoms with Crippen LogP contribution in [0.2, 0.25) is 0 Å². The molecule has 4 aromatic rings. The minimum Gasteiger partial charge on any atom is -0.262 e. The largest absolute Gasteiger partial charge is 0.262 e. The van der Waals surface area contributed by atoms with Crippen molar-refractivity contribution in [3.8, 4) is 0 Å². The number of nitrogens with zero attached hydrogens (tertiary/aromatic N) is 5. The van der Waals surface area contributed by atoms with E-state index in [9.17, 15) is 4.39 Å². The van der Waals surface area contributed by atoms with Crippen molar-refractivity contribution >= 4 is 16.6 Å². The Labute approximate surface area is 142 Å². The van der Waals surface area contributed by atoms with E-state index in [1.807, 2.05) is 13.8 Å². The third-order valence-corrected chi connectivity index (χ3v) is 4.50. The molecule has 0 fully saturated rings. The van der Waals surface area contributed by atoms with Crippen molar-refractivity contribution in [2.75, 3.05) is 0 Å². The summed E-state index contributed by atoms with van der Waals surface area (Å²) in [6, 6.07) is 4.94. The lowest BCUT2D eigenvalue weighted by atomic mass is 9.95. The highest BCUT2D eigenvalue weighted by Crippen LogP contribution is 2.33. The normalized spacial score (nSPS) is 13.2. The molecular weight excluding hydrogens is 324 g/mol. The SMILES string of the molecule is CC(c1c(F)cc2c(cnn2C(C)C)c1F)c1cnc2cccnn12. The Kier molecular flexibility index (Phi) is 3.52. The van der Waals surface area contributed by atoms with Gasteiger partial charge in [-0.2, -0.15) is 10.2 Å². The van der Waals surface area contributed by atoms with Gasteiger partial charge in [-0.15, -0.1) is 0 Å². The minimum absolute atomic E-state index is 0.00302. The summed E-state index contributed by atoms with van der Waals surface area (Å²) in [6.07, 6.45) is 4.67. The van der Waals surface area contributed by atoms with E-state index in [0.717, 1.165) is 0 Å². The second-order valence-electron chi connectivity index (χ2n) is 6.40. The maximum absolute atomic E-state index is 15.1. The molecule has 3 heterocycles. The van der Waals surface area contributed by atoms with E-state index in [0.29, 0.717) is 22.2 Å². The van der Waals surface area contributed by atoms with Crippen molar-refractivity contribution in [1.82, 2.24) is 24.4 Å². The molecule has 7 heteroatoms. The van der Waals surface area contributed by atoms with Gasteiger partial charge in [-0.05, 0) is 26.0 Å². The van der Waals surface area contributed by atoms with Crippen LogP contribution < -0.4 is 0 Å². The molecule has 0 N–H and O–H groups in total. The van der Waals surface area contributed by atoms with E-state index >= 15 is 4.39 Å². The predicted molar refractivity (Wildman–Crippen MR) is 90.5 cm³/mol. The fraction of sp³-hybridized carbons (Fsp3) is 0.278. The lowest BCUT2D eigenvalue weighted by molar-refractivity contribution is 0.539. The Morgan fingerprint density at radius 1 is 1.08 bits per heavy atom. The van der Waals surface area contributed by atoms with Gasteiger partial charge in [-0.1, -0.05) is 6.92 Å². The number of halogens is 2. The van der Waals surface area contributed by atoms with Crippen molar-refractivity contribution in [3.63, 3.8) is 0 Å². The van der Waals surface area contributed by atoms with Crippen LogP contribution in [0.25, 0.3) is 16.6 Å². The summed E-state index contributed by atoms with van der Waals surface area (Å²) < 4.78 is 33.1. The quantitative estimate of drug-likeness (QED) is 0.564. The maximum atomic E-state index is 15.1. The fourth-order valence-corrected chi connectivity index (χ4v) is 3.23. The standard InChI is InChI=1S/C18H17F2N5/c1-10(2)24-14-7-13(19)17(18(20)12(14)8-23-24)11(3)15-9-21-16-5-4-6-22-25(15)16/h4-11H,1-3H3. The molecular formula is C18H17F2N5. The van der Waals surface area contributed by atoms with Crippen molar-refractivity contribution in [2.45, 2.75) is 32.7 Å². The number of hydrogen-bond acceptors (Lipinski definition) is 3. The van der Waals surface area contributed by atoms with E-state index in [1.165, 1.54) is 12.3 Å². The van der Waals surface area contributed by atoms with E-state index in [1.54, 1.807) is 40.6 Å². The van der Waals surface area contributed by atoms with Gasteiger partial charge < -0.3 is 0 Å². The average molecular weight is 341 g/mol. The summed E-state index contributed by atoms with van der Waals surface area (Å²) in [7, 11) is 0. The third kappa shape index (κ3) is 2.30. The smallest absolute Gasteiger partial charge is 0.153 e. The highest BCUT2D eigenvalue weighted by atomic mass is 19.1. The topological polar surface area (TPSA) is 48.0 Å². The number of fused-ring (bicyclic) bond motifs is 2. The molecule has 0 bridgehead atoms. The van der Waals surface area contributed by atoms with E-state index in [4.69, 9.17) is 0 Å². The highest BCUT2D eigenvalue weighted by Gasteiger charge is 2.25. The van der Waals surface area contributed by atoms with Crippen molar-refractivity contribution in [3.05, 3.63) is 59.7 Å². The van der Waals surface area contributed by atoms with Crippen LogP contribution in [0.3, 0.4) is 0 Å². The monoisotopic (exact) mass is 341 g/mol. The zero-order valence-corrected chi connectivity index (χ0v) is 14.1. The number of imidazole rings is 1. The number of aromatic nitrogens is 5. The van der Waals surface area contributed by atoms with Crippen LogP contribution in [0.4, 0.5) is 8.78 Å². The number of hydrogen-bond donors (Lipinski definition) is 0. The Balaban J connectivity index is 1.91. The first-order valence-electron chi connectivity index (χ1n) is 8.12. The minimum atomic E-state index is -0.592. The van der Waals surface area contributed by atoms with Gasteiger partial charge in [-0.25, -0.2) is 18.3 Å². The van der Waals surface area contributed by atoms with Gasteiger partial charge in [0.05, 0.1) is 29.0 Å². The molecule has 0 aliphatic heterocycles. The summed E-state index contributed by atoms with van der Waals surface area (Å²) in [5, 5.41) is 8.74. The summed E-state index contributed by atoms with van der Waals surface area (Å²) in [4.78, 5) is 4.25. The molecule has 128 valence electrons. The van der Waals surface area contributed by atoms with Crippen molar-refractivity contribution in [2.24, 2.45) is 0 Å². The molecule has 0 spiro atoms. The van der Waals surface area contributed by atoms with Crippen LogP contribution in [0, 0.1) is 11.6 Å². The third-order valence-electron chi connectivity index (χ3n) is 4.50. The predicted octanol–water partition coefficient (Wildman–Crippen LogP) is 4.09. The van der Waals surface area contributed by atoms with E-state index in [-0.39, 0.29) is 11.6 Å². The molecule has 25 heavy (non-hydrogen) atoms. The number of rotatable bonds is 3. The lowest BCUT2D eigenvalue weighted by Gasteiger charge is -2.15. The Morgan fingerprint density at radius 3 is 2.64 bits per heavy atom. The second-order valence-corrected chi connectivity index (χ2v) is 6.40. The van der Waals surface area contributed by atoms with Gasteiger partial charge in [0.1, 0.15) is 11.6 Å². The zero-order valence-electron chi connectivity index (χ0n) is 14.1. The van der Waals surface area contributed by atoms with Crippen LogP contribution >= 0.6 is 0 Å². The first-order valence-corrected chi connectivity index (χ1v) is 8.12. The van der Waals surface area contributed by atoms with Crippen LogP contribution in [0.5, 0.6) is 0 Å². The summed E-state index contributed by atoms with van der Waals surface area (Å²) in [5.41, 5.74) is 1.73. The van der Waals surface area contributed by atoms with Gasteiger partial charge in [0, 0.05) is 29.8 Å². The Hall–Kier alpha value is -2.83. The van der Waals surface area contributed by atoms with Crippen molar-refractivity contribution < 1.29 is 8.78 Å². The summed E-state index contributed by atoms with van der Waals surface area (Å²) in [6.45, 7) is 5.59. The summed E-state index contributed by atoms with van der Waals surface area (Å²) in [5.74, 6) is -1.72. The van der Waals surface area contributed by atoms with Crippen LogP contribution in [0.1, 0.15) is 44.0 Å². The highest BCUT2D eigenvalue weighted by molar-refractivity contribution is 5.81. The van der Waals surface area contributed by atoms with Gasteiger partial charge in [0.25, 0.3) is 0 Å². The van der Waals surface area contributed by atoms with Crippen LogP contribution in [-0.4, -0.2) is 24.4 Å². The average Bonchev–Trinajstić information content (AvgIpc) is 3.18. The molecule has 1 atom stereocenters.